The van der Waals surface area contributed by atoms with E-state index in [-0.39, 0.29) is 0 Å². The summed E-state index contributed by atoms with van der Waals surface area (Å²) >= 11 is 0. The molecule has 2 aromatic rings. The van der Waals surface area contributed by atoms with Crippen LogP contribution in [0.1, 0.15) is 11.3 Å². The summed E-state index contributed by atoms with van der Waals surface area (Å²) in [7, 11) is 0. The summed E-state index contributed by atoms with van der Waals surface area (Å²) in [5.74, 6) is 1.03. The van der Waals surface area contributed by atoms with Crippen LogP contribution in [0.3, 0.4) is 0 Å². The highest BCUT2D eigenvalue weighted by Gasteiger charge is 1.97. The van der Waals surface area contributed by atoms with Gasteiger partial charge in [0.25, 0.3) is 0 Å². The summed E-state index contributed by atoms with van der Waals surface area (Å²) in [6.07, 6.45) is 3.64. The number of aryl methyl sites for hydroxylation is 2. The maximum atomic E-state index is 5.60. The van der Waals surface area contributed by atoms with Gasteiger partial charge in [0.05, 0.1) is 6.26 Å². The van der Waals surface area contributed by atoms with E-state index in [1.54, 1.807) is 6.26 Å². The second-order valence-electron chi connectivity index (χ2n) is 3.32. The van der Waals surface area contributed by atoms with E-state index in [1.807, 2.05) is 24.3 Å². The van der Waals surface area contributed by atoms with Gasteiger partial charge in [-0.1, -0.05) is 12.1 Å². The van der Waals surface area contributed by atoms with Gasteiger partial charge in [0.15, 0.2) is 0 Å². The molecule has 0 atom stereocenters. The number of furan rings is 1. The van der Waals surface area contributed by atoms with Crippen molar-refractivity contribution in [3.05, 3.63) is 54.0 Å². The molecule has 0 spiro atoms. The second kappa shape index (κ2) is 4.01. The van der Waals surface area contributed by atoms with Crippen molar-refractivity contribution in [1.82, 2.24) is 0 Å². The largest absolute Gasteiger partial charge is 0.469 e. The molecule has 0 amide bonds. The molecule has 1 heterocycles. The van der Waals surface area contributed by atoms with E-state index >= 15 is 0 Å². The number of hydrogen-bond acceptors (Lipinski definition) is 2. The van der Waals surface area contributed by atoms with Crippen molar-refractivity contribution in [2.45, 2.75) is 12.8 Å². The smallest absolute Gasteiger partial charge is 0.104 e. The zero-order valence-electron chi connectivity index (χ0n) is 7.94. The van der Waals surface area contributed by atoms with Crippen LogP contribution in [0.4, 0.5) is 5.69 Å². The van der Waals surface area contributed by atoms with Crippen molar-refractivity contribution in [3.63, 3.8) is 0 Å². The van der Waals surface area contributed by atoms with Crippen LogP contribution in [0.5, 0.6) is 0 Å². The number of benzene rings is 1. The lowest BCUT2D eigenvalue weighted by Crippen LogP contribution is -1.90. The number of nitrogens with two attached hydrogens (primary N) is 1. The average Bonchev–Trinajstić information content (AvgIpc) is 2.70. The molecule has 1 aromatic carbocycles. The molecule has 0 saturated carbocycles. The summed E-state index contributed by atoms with van der Waals surface area (Å²) in [6, 6.07) is 11.9. The third-order valence-corrected chi connectivity index (χ3v) is 2.22. The highest BCUT2D eigenvalue weighted by molar-refractivity contribution is 5.39. The van der Waals surface area contributed by atoms with Crippen LogP contribution in [-0.2, 0) is 12.8 Å². The quantitative estimate of drug-likeness (QED) is 0.750. The Bertz CT molecular complexity index is 375. The van der Waals surface area contributed by atoms with Gasteiger partial charge in [0.2, 0.25) is 0 Å². The Morgan fingerprint density at radius 3 is 2.43 bits per heavy atom. The minimum atomic E-state index is 0.812. The van der Waals surface area contributed by atoms with Crippen LogP contribution in [0.2, 0.25) is 0 Å². The number of hydrogen-bond donors (Lipinski definition) is 1. The van der Waals surface area contributed by atoms with Crippen LogP contribution in [0, 0.1) is 0 Å². The first-order valence-corrected chi connectivity index (χ1v) is 4.71. The number of nitrogen functional groups attached to an aromatic ring is 1. The van der Waals surface area contributed by atoms with Gasteiger partial charge >= 0.3 is 0 Å². The van der Waals surface area contributed by atoms with Crippen LogP contribution in [-0.4, -0.2) is 0 Å². The van der Waals surface area contributed by atoms with E-state index in [1.165, 1.54) is 5.56 Å². The molecule has 2 N–H and O–H groups in total. The molecule has 72 valence electrons. The van der Waals surface area contributed by atoms with Crippen molar-refractivity contribution < 1.29 is 4.42 Å². The Hall–Kier alpha value is -1.70. The summed E-state index contributed by atoms with van der Waals surface area (Å²) in [5.41, 5.74) is 7.70. The van der Waals surface area contributed by atoms with Crippen LogP contribution in [0.15, 0.2) is 47.1 Å². The minimum Gasteiger partial charge on any atom is -0.469 e. The zero-order valence-corrected chi connectivity index (χ0v) is 7.94. The standard InChI is InChI=1S/C12H13NO/c13-11-6-3-10(4-7-11)5-8-12-2-1-9-14-12/h1-4,6-7,9H,5,8,13H2. The fourth-order valence-corrected chi connectivity index (χ4v) is 1.41. The van der Waals surface area contributed by atoms with Gasteiger partial charge in [-0.15, -0.1) is 0 Å². The lowest BCUT2D eigenvalue weighted by molar-refractivity contribution is 0.508. The summed E-state index contributed by atoms with van der Waals surface area (Å²) in [4.78, 5) is 0. The molecule has 2 nitrogen and oxygen atoms in total. The Morgan fingerprint density at radius 2 is 1.79 bits per heavy atom. The van der Waals surface area contributed by atoms with Gasteiger partial charge in [0, 0.05) is 12.1 Å². The highest BCUT2D eigenvalue weighted by atomic mass is 16.3. The first kappa shape index (κ1) is 8.88. The monoisotopic (exact) mass is 187 g/mol. The zero-order chi connectivity index (χ0) is 9.80. The molecule has 1 aromatic heterocycles. The van der Waals surface area contributed by atoms with E-state index in [4.69, 9.17) is 10.2 Å². The third-order valence-electron chi connectivity index (χ3n) is 2.22. The fraction of sp³-hybridized carbons (Fsp3) is 0.167. The predicted molar refractivity (Wildman–Crippen MR) is 57.0 cm³/mol. The van der Waals surface area contributed by atoms with Gasteiger partial charge in [-0.2, -0.15) is 0 Å². The van der Waals surface area contributed by atoms with Gasteiger partial charge in [-0.3, -0.25) is 0 Å². The lowest BCUT2D eigenvalue weighted by atomic mass is 10.1. The van der Waals surface area contributed by atoms with Crippen molar-refractivity contribution >= 4 is 5.69 Å². The normalized spacial score (nSPS) is 10.3. The number of rotatable bonds is 3. The third kappa shape index (κ3) is 2.16. The van der Waals surface area contributed by atoms with E-state index in [9.17, 15) is 0 Å². The van der Waals surface area contributed by atoms with Crippen molar-refractivity contribution in [2.24, 2.45) is 0 Å². The summed E-state index contributed by atoms with van der Waals surface area (Å²) < 4.78 is 5.25. The molecule has 2 heteroatoms. The number of anilines is 1. The molecule has 0 aliphatic heterocycles. The lowest BCUT2D eigenvalue weighted by Gasteiger charge is -1.99. The van der Waals surface area contributed by atoms with Crippen molar-refractivity contribution in [3.8, 4) is 0 Å². The Morgan fingerprint density at radius 1 is 1.00 bits per heavy atom. The molecule has 0 saturated heterocycles. The Balaban J connectivity index is 1.95. The van der Waals surface area contributed by atoms with Gasteiger partial charge < -0.3 is 10.2 Å². The molecule has 0 radical (unpaired) electrons. The van der Waals surface area contributed by atoms with E-state index < -0.39 is 0 Å². The molecular weight excluding hydrogens is 174 g/mol. The van der Waals surface area contributed by atoms with Crippen LogP contribution >= 0.6 is 0 Å². The fourth-order valence-electron chi connectivity index (χ4n) is 1.41. The first-order chi connectivity index (χ1) is 6.84. The Kier molecular flexibility index (Phi) is 2.54. The van der Waals surface area contributed by atoms with Gasteiger partial charge in [0.1, 0.15) is 5.76 Å². The molecule has 0 fully saturated rings. The van der Waals surface area contributed by atoms with E-state index in [2.05, 4.69) is 12.1 Å². The molecule has 0 unspecified atom stereocenters. The van der Waals surface area contributed by atoms with Crippen molar-refractivity contribution in [1.29, 1.82) is 0 Å². The van der Waals surface area contributed by atoms with E-state index in [0.29, 0.717) is 0 Å². The molecule has 0 bridgehead atoms. The molecule has 14 heavy (non-hydrogen) atoms. The molecular formula is C12H13NO. The molecule has 2 rings (SSSR count). The Labute approximate surface area is 83.4 Å². The maximum absolute atomic E-state index is 5.60. The average molecular weight is 187 g/mol. The van der Waals surface area contributed by atoms with Crippen LogP contribution in [0.25, 0.3) is 0 Å². The predicted octanol–water partition coefficient (Wildman–Crippen LogP) is 2.65. The summed E-state index contributed by atoms with van der Waals surface area (Å²) in [6.45, 7) is 0. The molecule has 0 aliphatic carbocycles. The van der Waals surface area contributed by atoms with E-state index in [0.717, 1.165) is 24.3 Å². The maximum Gasteiger partial charge on any atom is 0.104 e. The first-order valence-electron chi connectivity index (χ1n) is 4.71. The van der Waals surface area contributed by atoms with Gasteiger partial charge in [-0.05, 0) is 36.2 Å². The minimum absolute atomic E-state index is 0.812. The summed E-state index contributed by atoms with van der Waals surface area (Å²) in [5, 5.41) is 0. The topological polar surface area (TPSA) is 39.2 Å². The molecule has 0 aliphatic rings. The van der Waals surface area contributed by atoms with Crippen molar-refractivity contribution in [2.75, 3.05) is 5.73 Å². The van der Waals surface area contributed by atoms with Gasteiger partial charge in [-0.25, -0.2) is 0 Å². The van der Waals surface area contributed by atoms with Crippen LogP contribution < -0.4 is 5.73 Å². The SMILES string of the molecule is Nc1ccc(CCc2ccco2)cc1. The highest BCUT2D eigenvalue weighted by Crippen LogP contribution is 2.09. The second-order valence-corrected chi connectivity index (χ2v) is 3.32.